The van der Waals surface area contributed by atoms with Crippen molar-refractivity contribution in [1.82, 2.24) is 19.7 Å². The topological polar surface area (TPSA) is 37.2 Å². The molecule has 8 heteroatoms. The van der Waals surface area contributed by atoms with Crippen molar-refractivity contribution in [1.29, 1.82) is 0 Å². The molecule has 0 radical (unpaired) electrons. The monoisotopic (exact) mass is 441 g/mol. The maximum Gasteiger partial charge on any atom is 0.167 e. The Balaban J connectivity index is 1.35. The molecule has 0 unspecified atom stereocenters. The van der Waals surface area contributed by atoms with E-state index in [0.717, 1.165) is 60.8 Å². The molecule has 1 aliphatic heterocycles. The number of pyridine rings is 1. The number of rotatable bonds is 6. The van der Waals surface area contributed by atoms with Gasteiger partial charge in [0.2, 0.25) is 0 Å². The highest BCUT2D eigenvalue weighted by molar-refractivity contribution is 7.98. The number of nitrogens with zero attached hydrogens (tertiary/aromatic N) is 5. The first-order valence-electron chi connectivity index (χ1n) is 10.2. The standard InChI is InChI=1S/C23H25F2N5S/c1-17-18(16-27-30(17)23-22(31-2)6-3-7-26-23)5-4-8-28-9-11-29(12-10-28)21-14-19(24)13-20(25)15-21/h3-7,13-16H,8-12H2,1-2H3/b5-4+. The average molecular weight is 442 g/mol. The minimum absolute atomic E-state index is 0.536. The van der Waals surface area contributed by atoms with Crippen LogP contribution in [0.25, 0.3) is 11.9 Å². The van der Waals surface area contributed by atoms with E-state index >= 15 is 0 Å². The summed E-state index contributed by atoms with van der Waals surface area (Å²) in [5.74, 6) is -0.227. The Morgan fingerprint density at radius 3 is 2.55 bits per heavy atom. The first kappa shape index (κ1) is 21.5. The summed E-state index contributed by atoms with van der Waals surface area (Å²) in [6, 6.07) is 7.66. The smallest absolute Gasteiger partial charge is 0.167 e. The number of thioether (sulfide) groups is 1. The third kappa shape index (κ3) is 4.97. The lowest BCUT2D eigenvalue weighted by Crippen LogP contribution is -2.46. The summed E-state index contributed by atoms with van der Waals surface area (Å²) < 4.78 is 28.8. The van der Waals surface area contributed by atoms with Crippen LogP contribution < -0.4 is 4.90 Å². The molecule has 1 aliphatic rings. The van der Waals surface area contributed by atoms with Gasteiger partial charge < -0.3 is 4.90 Å². The van der Waals surface area contributed by atoms with E-state index in [-0.39, 0.29) is 0 Å². The number of hydrogen-bond acceptors (Lipinski definition) is 5. The van der Waals surface area contributed by atoms with E-state index in [1.165, 1.54) is 12.1 Å². The summed E-state index contributed by atoms with van der Waals surface area (Å²) in [4.78, 5) is 9.92. The predicted molar refractivity (Wildman–Crippen MR) is 122 cm³/mol. The summed E-state index contributed by atoms with van der Waals surface area (Å²) in [7, 11) is 0. The lowest BCUT2D eigenvalue weighted by atomic mass is 10.2. The Morgan fingerprint density at radius 2 is 1.84 bits per heavy atom. The minimum atomic E-state index is -0.536. The van der Waals surface area contributed by atoms with Gasteiger partial charge in [0.05, 0.1) is 16.8 Å². The normalized spacial score (nSPS) is 15.2. The van der Waals surface area contributed by atoms with Gasteiger partial charge in [0.1, 0.15) is 11.6 Å². The Bertz CT molecular complexity index is 1050. The summed E-state index contributed by atoms with van der Waals surface area (Å²) in [5.41, 5.74) is 2.71. The fourth-order valence-electron chi connectivity index (χ4n) is 3.74. The van der Waals surface area contributed by atoms with Gasteiger partial charge in [-0.2, -0.15) is 5.10 Å². The highest BCUT2D eigenvalue weighted by atomic mass is 32.2. The predicted octanol–water partition coefficient (Wildman–Crippen LogP) is 4.41. The van der Waals surface area contributed by atoms with Gasteiger partial charge in [-0.25, -0.2) is 18.4 Å². The van der Waals surface area contributed by atoms with Crippen LogP contribution in [-0.4, -0.2) is 58.6 Å². The molecule has 2 aromatic heterocycles. The average Bonchev–Trinajstić information content (AvgIpc) is 3.13. The van der Waals surface area contributed by atoms with E-state index in [9.17, 15) is 8.78 Å². The maximum atomic E-state index is 13.5. The van der Waals surface area contributed by atoms with Gasteiger partial charge in [0, 0.05) is 56.2 Å². The minimum Gasteiger partial charge on any atom is -0.369 e. The van der Waals surface area contributed by atoms with Crippen molar-refractivity contribution in [3.8, 4) is 5.82 Å². The molecule has 3 aromatic rings. The van der Waals surface area contributed by atoms with Crippen LogP contribution in [0.5, 0.6) is 0 Å². The van der Waals surface area contributed by atoms with Crippen LogP contribution in [0.1, 0.15) is 11.3 Å². The second kappa shape index (κ2) is 9.62. The number of piperazine rings is 1. The number of anilines is 1. The molecule has 0 bridgehead atoms. The highest BCUT2D eigenvalue weighted by Gasteiger charge is 2.17. The Hall–Kier alpha value is -2.71. The van der Waals surface area contributed by atoms with Crippen LogP contribution in [0.2, 0.25) is 0 Å². The van der Waals surface area contributed by atoms with Gasteiger partial charge in [0.15, 0.2) is 5.82 Å². The summed E-state index contributed by atoms with van der Waals surface area (Å²) in [6.07, 6.45) is 9.91. The van der Waals surface area contributed by atoms with E-state index < -0.39 is 11.6 Å². The van der Waals surface area contributed by atoms with Crippen molar-refractivity contribution in [3.05, 3.63) is 71.7 Å². The maximum absolute atomic E-state index is 13.5. The molecule has 1 saturated heterocycles. The lowest BCUT2D eigenvalue weighted by molar-refractivity contribution is 0.284. The first-order valence-corrected chi connectivity index (χ1v) is 11.4. The van der Waals surface area contributed by atoms with Crippen LogP contribution in [0.15, 0.2) is 53.7 Å². The molecule has 1 aromatic carbocycles. The Labute approximate surface area is 185 Å². The SMILES string of the molecule is CSc1cccnc1-n1ncc(/C=C/CN2CCN(c3cc(F)cc(F)c3)CC2)c1C. The molecule has 1 fully saturated rings. The molecule has 162 valence electrons. The van der Waals surface area contributed by atoms with Gasteiger partial charge in [-0.15, -0.1) is 11.8 Å². The van der Waals surface area contributed by atoms with Crippen molar-refractivity contribution in [3.63, 3.8) is 0 Å². The summed E-state index contributed by atoms with van der Waals surface area (Å²) in [5, 5.41) is 4.53. The second-order valence-electron chi connectivity index (χ2n) is 7.44. The van der Waals surface area contributed by atoms with E-state index in [4.69, 9.17) is 0 Å². The molecule has 4 rings (SSSR count). The molecule has 31 heavy (non-hydrogen) atoms. The van der Waals surface area contributed by atoms with E-state index in [2.05, 4.69) is 27.1 Å². The number of aromatic nitrogens is 3. The van der Waals surface area contributed by atoms with Gasteiger partial charge in [-0.3, -0.25) is 4.90 Å². The number of hydrogen-bond donors (Lipinski definition) is 0. The molecule has 0 aliphatic carbocycles. The molecule has 0 spiro atoms. The van der Waals surface area contributed by atoms with Crippen LogP contribution in [0, 0.1) is 18.6 Å². The van der Waals surface area contributed by atoms with Crippen LogP contribution >= 0.6 is 11.8 Å². The zero-order valence-corrected chi connectivity index (χ0v) is 18.4. The van der Waals surface area contributed by atoms with Crippen molar-refractivity contribution in [2.24, 2.45) is 0 Å². The highest BCUT2D eigenvalue weighted by Crippen LogP contribution is 2.24. The second-order valence-corrected chi connectivity index (χ2v) is 8.29. The molecule has 0 saturated carbocycles. The third-order valence-electron chi connectivity index (χ3n) is 5.46. The van der Waals surface area contributed by atoms with E-state index in [1.807, 2.05) is 41.1 Å². The summed E-state index contributed by atoms with van der Waals surface area (Å²) in [6.45, 7) is 6.02. The molecular formula is C23H25F2N5S. The summed E-state index contributed by atoms with van der Waals surface area (Å²) >= 11 is 1.65. The zero-order chi connectivity index (χ0) is 21.8. The molecular weight excluding hydrogens is 416 g/mol. The van der Waals surface area contributed by atoms with Crippen molar-refractivity contribution in [2.75, 3.05) is 43.9 Å². The molecule has 3 heterocycles. The molecule has 0 amide bonds. The van der Waals surface area contributed by atoms with Gasteiger partial charge >= 0.3 is 0 Å². The number of halogens is 2. The van der Waals surface area contributed by atoms with Crippen LogP contribution in [-0.2, 0) is 0 Å². The fraction of sp³-hybridized carbons (Fsp3) is 0.304. The van der Waals surface area contributed by atoms with Crippen LogP contribution in [0.4, 0.5) is 14.5 Å². The van der Waals surface area contributed by atoms with Crippen LogP contribution in [0.3, 0.4) is 0 Å². The van der Waals surface area contributed by atoms with Crippen molar-refractivity contribution in [2.45, 2.75) is 11.8 Å². The largest absolute Gasteiger partial charge is 0.369 e. The van der Waals surface area contributed by atoms with Gasteiger partial charge in [-0.05, 0) is 37.4 Å². The van der Waals surface area contributed by atoms with E-state index in [1.54, 1.807) is 18.0 Å². The Kier molecular flexibility index (Phi) is 6.67. The number of benzene rings is 1. The van der Waals surface area contributed by atoms with E-state index in [0.29, 0.717) is 5.69 Å². The third-order valence-corrected chi connectivity index (χ3v) is 6.22. The van der Waals surface area contributed by atoms with Gasteiger partial charge in [0.25, 0.3) is 0 Å². The molecule has 0 N–H and O–H groups in total. The molecule has 5 nitrogen and oxygen atoms in total. The zero-order valence-electron chi connectivity index (χ0n) is 17.6. The molecule has 0 atom stereocenters. The Morgan fingerprint density at radius 1 is 1.10 bits per heavy atom. The lowest BCUT2D eigenvalue weighted by Gasteiger charge is -2.35. The van der Waals surface area contributed by atoms with Gasteiger partial charge in [-0.1, -0.05) is 12.2 Å². The first-order chi connectivity index (χ1) is 15.0. The van der Waals surface area contributed by atoms with Crippen molar-refractivity contribution < 1.29 is 8.78 Å². The quantitative estimate of drug-likeness (QED) is 0.530. The van der Waals surface area contributed by atoms with Crippen molar-refractivity contribution >= 4 is 23.5 Å². The fourth-order valence-corrected chi connectivity index (χ4v) is 4.28.